The number of thiophene rings is 1. The molecular weight excluding hydrogens is 520 g/mol. The summed E-state index contributed by atoms with van der Waals surface area (Å²) in [6, 6.07) is 8.70. The number of halogens is 2. The highest BCUT2D eigenvalue weighted by Crippen LogP contribution is 2.34. The second-order valence-corrected chi connectivity index (χ2v) is 10.6. The summed E-state index contributed by atoms with van der Waals surface area (Å²) in [5.41, 5.74) is 0.228. The van der Waals surface area contributed by atoms with E-state index >= 15 is 0 Å². The molecule has 1 aliphatic carbocycles. The molecule has 0 bridgehead atoms. The third-order valence-electron chi connectivity index (χ3n) is 5.66. The number of rotatable bonds is 5. The fourth-order valence-electron chi connectivity index (χ4n) is 4.03. The number of oxime groups is 1. The highest BCUT2D eigenvalue weighted by atomic mass is 79.9. The van der Waals surface area contributed by atoms with E-state index in [2.05, 4.69) is 31.7 Å². The molecule has 2 fully saturated rings. The van der Waals surface area contributed by atoms with Gasteiger partial charge in [0, 0.05) is 12.2 Å². The first-order valence-electron chi connectivity index (χ1n) is 10.2. The van der Waals surface area contributed by atoms with Crippen LogP contribution in [0.15, 0.2) is 39.3 Å². The van der Waals surface area contributed by atoms with Crippen LogP contribution in [0.1, 0.15) is 35.4 Å². The first-order chi connectivity index (χ1) is 15.4. The van der Waals surface area contributed by atoms with Gasteiger partial charge >= 0.3 is 0 Å². The number of amides is 2. The van der Waals surface area contributed by atoms with Crippen molar-refractivity contribution >= 4 is 67.9 Å². The average molecular weight is 542 g/mol. The fraction of sp³-hybridized carbons (Fsp3) is 0.381. The summed E-state index contributed by atoms with van der Waals surface area (Å²) in [6.45, 7) is 1.17. The Bertz CT molecular complexity index is 1050. The number of hydrogen-bond donors (Lipinski definition) is 3. The van der Waals surface area contributed by atoms with Gasteiger partial charge in [0.05, 0.1) is 26.0 Å². The molecule has 1 aliphatic heterocycles. The minimum absolute atomic E-state index is 0.189. The van der Waals surface area contributed by atoms with Gasteiger partial charge in [0.1, 0.15) is 12.1 Å². The number of nitrogens with one attached hydrogen (secondary N) is 2. The molecule has 2 aromatic rings. The zero-order valence-corrected chi connectivity index (χ0v) is 20.2. The van der Waals surface area contributed by atoms with Crippen LogP contribution in [0.25, 0.3) is 0 Å². The smallest absolute Gasteiger partial charge is 0.262 e. The van der Waals surface area contributed by atoms with Crippen LogP contribution < -0.4 is 15.5 Å². The van der Waals surface area contributed by atoms with E-state index in [9.17, 15) is 14.8 Å². The van der Waals surface area contributed by atoms with Crippen molar-refractivity contribution in [1.29, 1.82) is 0 Å². The minimum Gasteiger partial charge on any atom is -0.409 e. The van der Waals surface area contributed by atoms with Crippen LogP contribution in [0.2, 0.25) is 5.02 Å². The zero-order chi connectivity index (χ0) is 22.7. The van der Waals surface area contributed by atoms with Crippen LogP contribution in [0, 0.1) is 0 Å². The summed E-state index contributed by atoms with van der Waals surface area (Å²) in [7, 11) is 0. The summed E-state index contributed by atoms with van der Waals surface area (Å²) >= 11 is 11.2. The SMILES string of the molecule is O=C(NC1(C(=O)Nc2ccc(N3CCOCC3=NO)c(Cl)c2)CCCC1)c1ccc(Br)s1. The lowest BCUT2D eigenvalue weighted by Gasteiger charge is -2.30. The normalized spacial score (nSPS) is 19.2. The van der Waals surface area contributed by atoms with E-state index in [0.29, 0.717) is 53.1 Å². The first-order valence-corrected chi connectivity index (χ1v) is 12.2. The van der Waals surface area contributed by atoms with Crippen LogP contribution in [-0.4, -0.2) is 48.2 Å². The summed E-state index contributed by atoms with van der Waals surface area (Å²) in [5, 5.41) is 18.8. The van der Waals surface area contributed by atoms with Gasteiger partial charge in [-0.1, -0.05) is 29.6 Å². The second kappa shape index (κ2) is 9.78. The van der Waals surface area contributed by atoms with Gasteiger partial charge in [-0.2, -0.15) is 0 Å². The average Bonchev–Trinajstić information content (AvgIpc) is 3.44. The minimum atomic E-state index is -0.959. The summed E-state index contributed by atoms with van der Waals surface area (Å²) in [6.07, 6.45) is 2.88. The Balaban J connectivity index is 1.50. The van der Waals surface area contributed by atoms with Crippen molar-refractivity contribution in [1.82, 2.24) is 5.32 Å². The number of nitrogens with zero attached hydrogens (tertiary/aromatic N) is 2. The van der Waals surface area contributed by atoms with Crippen LogP contribution in [0.5, 0.6) is 0 Å². The number of benzene rings is 1. The molecule has 1 saturated carbocycles. The van der Waals surface area contributed by atoms with Crippen molar-refractivity contribution in [2.24, 2.45) is 5.16 Å². The van der Waals surface area contributed by atoms with Gasteiger partial charge in [0.15, 0.2) is 5.84 Å². The Morgan fingerprint density at radius 3 is 2.69 bits per heavy atom. The van der Waals surface area contributed by atoms with Crippen molar-refractivity contribution in [2.45, 2.75) is 31.2 Å². The number of carbonyl (C=O) groups excluding carboxylic acids is 2. The van der Waals surface area contributed by atoms with E-state index in [-0.39, 0.29) is 18.4 Å². The zero-order valence-electron chi connectivity index (χ0n) is 17.1. The molecule has 0 atom stereocenters. The van der Waals surface area contributed by atoms with Gasteiger partial charge in [-0.3, -0.25) is 9.59 Å². The third-order valence-corrected chi connectivity index (χ3v) is 7.58. The highest BCUT2D eigenvalue weighted by molar-refractivity contribution is 9.11. The molecule has 1 saturated heterocycles. The van der Waals surface area contributed by atoms with Crippen molar-refractivity contribution in [2.75, 3.05) is 30.0 Å². The Labute approximate surface area is 202 Å². The van der Waals surface area contributed by atoms with E-state index < -0.39 is 5.54 Å². The highest BCUT2D eigenvalue weighted by Gasteiger charge is 2.43. The topological polar surface area (TPSA) is 103 Å². The molecule has 1 aromatic heterocycles. The number of morpholine rings is 1. The van der Waals surface area contributed by atoms with E-state index in [1.807, 2.05) is 6.07 Å². The van der Waals surface area contributed by atoms with Crippen molar-refractivity contribution in [3.63, 3.8) is 0 Å². The Morgan fingerprint density at radius 1 is 1.25 bits per heavy atom. The molecule has 4 rings (SSSR count). The molecule has 32 heavy (non-hydrogen) atoms. The molecular formula is C21H22BrClN4O4S. The van der Waals surface area contributed by atoms with Gasteiger partial charge in [-0.05, 0) is 59.1 Å². The number of hydrogen-bond acceptors (Lipinski definition) is 6. The lowest BCUT2D eigenvalue weighted by Crippen LogP contribution is -2.54. The van der Waals surface area contributed by atoms with Crippen molar-refractivity contribution in [3.8, 4) is 0 Å². The van der Waals surface area contributed by atoms with E-state index in [1.165, 1.54) is 11.3 Å². The van der Waals surface area contributed by atoms with Crippen LogP contribution in [0.3, 0.4) is 0 Å². The molecule has 11 heteroatoms. The van der Waals surface area contributed by atoms with E-state index in [1.54, 1.807) is 29.2 Å². The summed E-state index contributed by atoms with van der Waals surface area (Å²) < 4.78 is 6.16. The molecule has 3 N–H and O–H groups in total. The van der Waals surface area contributed by atoms with Gasteiger partial charge in [0.25, 0.3) is 5.91 Å². The quantitative estimate of drug-likeness (QED) is 0.383. The van der Waals surface area contributed by atoms with Crippen LogP contribution in [-0.2, 0) is 9.53 Å². The molecule has 170 valence electrons. The fourth-order valence-corrected chi connectivity index (χ4v) is 5.59. The predicted octanol–water partition coefficient (Wildman–Crippen LogP) is 4.47. The molecule has 0 unspecified atom stereocenters. The Hall–Kier alpha value is -2.14. The predicted molar refractivity (Wildman–Crippen MR) is 128 cm³/mol. The largest absolute Gasteiger partial charge is 0.409 e. The van der Waals surface area contributed by atoms with Gasteiger partial charge < -0.3 is 25.5 Å². The Kier molecular flexibility index (Phi) is 7.04. The maximum atomic E-state index is 13.3. The van der Waals surface area contributed by atoms with E-state index in [0.717, 1.165) is 16.6 Å². The second-order valence-electron chi connectivity index (χ2n) is 7.69. The van der Waals surface area contributed by atoms with E-state index in [4.69, 9.17) is 16.3 Å². The summed E-state index contributed by atoms with van der Waals surface area (Å²) in [5.74, 6) is -0.149. The van der Waals surface area contributed by atoms with Crippen LogP contribution in [0.4, 0.5) is 11.4 Å². The van der Waals surface area contributed by atoms with Gasteiger partial charge in [0.2, 0.25) is 5.91 Å². The van der Waals surface area contributed by atoms with Gasteiger partial charge in [-0.25, -0.2) is 0 Å². The number of amidine groups is 1. The molecule has 1 aromatic carbocycles. The van der Waals surface area contributed by atoms with Crippen molar-refractivity contribution in [3.05, 3.63) is 44.0 Å². The van der Waals surface area contributed by atoms with Gasteiger partial charge in [-0.15, -0.1) is 11.3 Å². The lowest BCUT2D eigenvalue weighted by atomic mass is 9.95. The summed E-state index contributed by atoms with van der Waals surface area (Å²) in [4.78, 5) is 28.3. The number of ether oxygens (including phenoxy) is 1. The molecule has 2 aliphatic rings. The first kappa shape index (κ1) is 23.0. The standard InChI is InChI=1S/C21H22BrClN4O4S/c22-17-6-5-16(32-17)19(28)25-21(7-1-2-8-21)20(29)24-13-3-4-15(14(23)11-13)27-9-10-31-12-18(27)26-30/h3-6,11,30H,1-2,7-10,12H2,(H,24,29)(H,25,28). The molecule has 2 heterocycles. The molecule has 8 nitrogen and oxygen atoms in total. The monoisotopic (exact) mass is 540 g/mol. The Morgan fingerprint density at radius 2 is 2.03 bits per heavy atom. The maximum absolute atomic E-state index is 13.3. The van der Waals surface area contributed by atoms with Crippen molar-refractivity contribution < 1.29 is 19.5 Å². The molecule has 2 amide bonds. The van der Waals surface area contributed by atoms with Crippen LogP contribution >= 0.6 is 38.9 Å². The number of anilines is 2. The number of carbonyl (C=O) groups is 2. The molecule has 0 spiro atoms. The maximum Gasteiger partial charge on any atom is 0.262 e. The third kappa shape index (κ3) is 4.78. The molecule has 0 radical (unpaired) electrons. The lowest BCUT2D eigenvalue weighted by molar-refractivity contribution is -0.122.